The third-order valence-electron chi connectivity index (χ3n) is 3.95. The van der Waals surface area contributed by atoms with Crippen LogP contribution >= 0.6 is 11.3 Å². The first kappa shape index (κ1) is 16.5. The molecule has 1 atom stereocenters. The predicted molar refractivity (Wildman–Crippen MR) is 93.1 cm³/mol. The van der Waals surface area contributed by atoms with E-state index in [1.165, 1.54) is 16.9 Å². The van der Waals surface area contributed by atoms with E-state index in [2.05, 4.69) is 28.5 Å². The number of anilines is 1. The first-order valence-electron chi connectivity index (χ1n) is 7.95. The van der Waals surface area contributed by atoms with Gasteiger partial charge in [-0.25, -0.2) is 4.79 Å². The number of aryl methyl sites for hydroxylation is 1. The molecule has 1 aromatic carbocycles. The topological polar surface area (TPSA) is 93.4 Å². The van der Waals surface area contributed by atoms with Crippen molar-refractivity contribution < 1.29 is 9.53 Å². The van der Waals surface area contributed by atoms with Gasteiger partial charge in [0.1, 0.15) is 16.9 Å². The van der Waals surface area contributed by atoms with E-state index in [0.29, 0.717) is 23.2 Å². The van der Waals surface area contributed by atoms with Crippen LogP contribution in [0.3, 0.4) is 0 Å². The maximum atomic E-state index is 12.2. The van der Waals surface area contributed by atoms with Crippen molar-refractivity contribution in [3.8, 4) is 5.75 Å². The fourth-order valence-electron chi connectivity index (χ4n) is 2.53. The van der Waals surface area contributed by atoms with Crippen molar-refractivity contribution in [3.05, 3.63) is 34.8 Å². The maximum Gasteiger partial charge on any atom is 0.318 e. The molecule has 1 aliphatic heterocycles. The number of hydrogen-bond donors (Lipinski definition) is 2. The molecule has 0 unspecified atom stereocenters. The van der Waals surface area contributed by atoms with Crippen molar-refractivity contribution in [1.82, 2.24) is 20.4 Å². The lowest BCUT2D eigenvalue weighted by Gasteiger charge is -2.39. The fourth-order valence-corrected chi connectivity index (χ4v) is 3.14. The standard InChI is InChI=1S/C16H21N5O2S/c1-3-11-6-4-5-7-13(11)23-12-8-21(9-12)16(22)18-10(2)14-19-20-15(17)24-14/h4-7,10,12H,3,8-9H2,1-2H3,(H2,17,20)(H,18,22)/t10-/m1/s1. The lowest BCUT2D eigenvalue weighted by Crippen LogP contribution is -2.59. The number of urea groups is 1. The van der Waals surface area contributed by atoms with E-state index < -0.39 is 0 Å². The van der Waals surface area contributed by atoms with Crippen LogP contribution in [0, 0.1) is 0 Å². The van der Waals surface area contributed by atoms with E-state index in [4.69, 9.17) is 10.5 Å². The predicted octanol–water partition coefficient (Wildman–Crippen LogP) is 2.22. The SMILES string of the molecule is CCc1ccccc1OC1CN(C(=O)N[C@H](C)c2nnc(N)s2)C1. The first-order chi connectivity index (χ1) is 11.6. The number of likely N-dealkylation sites (tertiary alicyclic amines) is 1. The van der Waals surface area contributed by atoms with Gasteiger partial charge in [0.15, 0.2) is 0 Å². The Morgan fingerprint density at radius 2 is 2.21 bits per heavy atom. The van der Waals surface area contributed by atoms with Gasteiger partial charge in [-0.1, -0.05) is 36.5 Å². The summed E-state index contributed by atoms with van der Waals surface area (Å²) < 4.78 is 5.99. The molecule has 0 spiro atoms. The number of nitrogens with one attached hydrogen (secondary N) is 1. The summed E-state index contributed by atoms with van der Waals surface area (Å²) in [6.07, 6.45) is 0.964. The number of nitrogens with two attached hydrogens (primary N) is 1. The number of amides is 2. The molecule has 8 heteroatoms. The molecule has 0 saturated carbocycles. The molecule has 7 nitrogen and oxygen atoms in total. The molecule has 24 heavy (non-hydrogen) atoms. The van der Waals surface area contributed by atoms with Crippen molar-refractivity contribution in [2.24, 2.45) is 0 Å². The maximum absolute atomic E-state index is 12.2. The summed E-state index contributed by atoms with van der Waals surface area (Å²) in [7, 11) is 0. The average Bonchev–Trinajstić information content (AvgIpc) is 2.97. The number of ether oxygens (including phenoxy) is 1. The van der Waals surface area contributed by atoms with Gasteiger partial charge >= 0.3 is 6.03 Å². The van der Waals surface area contributed by atoms with Crippen LogP contribution in [0.4, 0.5) is 9.93 Å². The van der Waals surface area contributed by atoms with Gasteiger partial charge in [0.25, 0.3) is 0 Å². The molecule has 128 valence electrons. The van der Waals surface area contributed by atoms with Crippen molar-refractivity contribution in [3.63, 3.8) is 0 Å². The van der Waals surface area contributed by atoms with Crippen LogP contribution in [-0.2, 0) is 6.42 Å². The van der Waals surface area contributed by atoms with Gasteiger partial charge in [0, 0.05) is 0 Å². The van der Waals surface area contributed by atoms with Crippen LogP contribution in [0.5, 0.6) is 5.75 Å². The Hall–Kier alpha value is -2.35. The molecule has 1 aromatic heterocycles. The highest BCUT2D eigenvalue weighted by molar-refractivity contribution is 7.15. The Morgan fingerprint density at radius 3 is 2.88 bits per heavy atom. The van der Waals surface area contributed by atoms with E-state index in [-0.39, 0.29) is 18.2 Å². The molecule has 0 aliphatic carbocycles. The zero-order valence-corrected chi connectivity index (χ0v) is 14.5. The Bertz CT molecular complexity index is 714. The van der Waals surface area contributed by atoms with Crippen molar-refractivity contribution in [2.45, 2.75) is 32.4 Å². The third-order valence-corrected chi connectivity index (χ3v) is 4.88. The van der Waals surface area contributed by atoms with Gasteiger partial charge in [0.2, 0.25) is 5.13 Å². The molecule has 1 fully saturated rings. The van der Waals surface area contributed by atoms with E-state index in [1.54, 1.807) is 4.90 Å². The summed E-state index contributed by atoms with van der Waals surface area (Å²) in [5.41, 5.74) is 6.75. The first-order valence-corrected chi connectivity index (χ1v) is 8.77. The fraction of sp³-hybridized carbons (Fsp3) is 0.438. The lowest BCUT2D eigenvalue weighted by molar-refractivity contribution is 0.0430. The van der Waals surface area contributed by atoms with E-state index >= 15 is 0 Å². The summed E-state index contributed by atoms with van der Waals surface area (Å²) in [5.74, 6) is 0.905. The highest BCUT2D eigenvalue weighted by Gasteiger charge is 2.33. The number of carbonyl (C=O) groups is 1. The molecule has 0 bridgehead atoms. The number of hydrogen-bond acceptors (Lipinski definition) is 6. The molecule has 3 rings (SSSR count). The Morgan fingerprint density at radius 1 is 1.46 bits per heavy atom. The van der Waals surface area contributed by atoms with E-state index in [1.807, 2.05) is 25.1 Å². The highest BCUT2D eigenvalue weighted by Crippen LogP contribution is 2.24. The molecule has 2 aromatic rings. The number of rotatable bonds is 5. The van der Waals surface area contributed by atoms with Crippen molar-refractivity contribution in [2.75, 3.05) is 18.8 Å². The molecule has 3 N–H and O–H groups in total. The van der Waals surface area contributed by atoms with Crippen molar-refractivity contribution in [1.29, 1.82) is 0 Å². The highest BCUT2D eigenvalue weighted by atomic mass is 32.1. The molecule has 1 aliphatic rings. The van der Waals surface area contributed by atoms with Gasteiger partial charge in [0.05, 0.1) is 19.1 Å². The van der Waals surface area contributed by atoms with Gasteiger partial charge in [-0.2, -0.15) is 0 Å². The van der Waals surface area contributed by atoms with Gasteiger partial charge in [-0.3, -0.25) is 0 Å². The van der Waals surface area contributed by atoms with E-state index in [0.717, 1.165) is 12.2 Å². The normalized spacial score (nSPS) is 15.7. The van der Waals surface area contributed by atoms with Crippen LogP contribution in [0.25, 0.3) is 0 Å². The van der Waals surface area contributed by atoms with Gasteiger partial charge in [-0.05, 0) is 25.0 Å². The monoisotopic (exact) mass is 347 g/mol. The van der Waals surface area contributed by atoms with Crippen LogP contribution < -0.4 is 15.8 Å². The summed E-state index contributed by atoms with van der Waals surface area (Å²) in [6.45, 7) is 5.12. The summed E-state index contributed by atoms with van der Waals surface area (Å²) in [5, 5.41) is 11.7. The van der Waals surface area contributed by atoms with E-state index in [9.17, 15) is 4.79 Å². The number of nitrogens with zero attached hydrogens (tertiary/aromatic N) is 3. The minimum absolute atomic E-state index is 0.0379. The minimum atomic E-state index is -0.215. The molecule has 0 radical (unpaired) electrons. The smallest absolute Gasteiger partial charge is 0.318 e. The Balaban J connectivity index is 1.48. The second-order valence-corrected chi connectivity index (χ2v) is 6.80. The molecular formula is C16H21N5O2S. The van der Waals surface area contributed by atoms with Gasteiger partial charge in [-0.15, -0.1) is 10.2 Å². The molecular weight excluding hydrogens is 326 g/mol. The lowest BCUT2D eigenvalue weighted by atomic mass is 10.1. The van der Waals surface area contributed by atoms with Crippen molar-refractivity contribution >= 4 is 22.5 Å². The summed E-state index contributed by atoms with van der Waals surface area (Å²) in [6, 6.07) is 7.67. The number of nitrogen functional groups attached to an aromatic ring is 1. The zero-order chi connectivity index (χ0) is 17.1. The quantitative estimate of drug-likeness (QED) is 0.865. The number of benzene rings is 1. The Labute approximate surface area is 144 Å². The van der Waals surface area contributed by atoms with Crippen LogP contribution in [-0.4, -0.2) is 40.3 Å². The summed E-state index contributed by atoms with van der Waals surface area (Å²) >= 11 is 1.28. The van der Waals surface area contributed by atoms with Crippen LogP contribution in [0.1, 0.15) is 30.5 Å². The zero-order valence-electron chi connectivity index (χ0n) is 13.7. The van der Waals surface area contributed by atoms with Gasteiger partial charge < -0.3 is 20.7 Å². The van der Waals surface area contributed by atoms with Crippen LogP contribution in [0.2, 0.25) is 0 Å². The minimum Gasteiger partial charge on any atom is -0.486 e. The average molecular weight is 347 g/mol. The second kappa shape index (κ2) is 7.04. The summed E-state index contributed by atoms with van der Waals surface area (Å²) in [4.78, 5) is 13.9. The number of aromatic nitrogens is 2. The Kier molecular flexibility index (Phi) is 4.84. The second-order valence-electron chi connectivity index (χ2n) is 5.76. The number of carbonyl (C=O) groups excluding carboxylic acids is 1. The molecule has 2 amide bonds. The number of para-hydroxylation sites is 1. The van der Waals surface area contributed by atoms with Crippen LogP contribution in [0.15, 0.2) is 24.3 Å². The molecule has 1 saturated heterocycles. The third kappa shape index (κ3) is 3.59. The largest absolute Gasteiger partial charge is 0.486 e. The molecule has 2 heterocycles.